The predicted octanol–water partition coefficient (Wildman–Crippen LogP) is 2.30. The van der Waals surface area contributed by atoms with Crippen LogP contribution in [0.25, 0.3) is 0 Å². The van der Waals surface area contributed by atoms with Crippen molar-refractivity contribution in [1.82, 2.24) is 4.31 Å². The first-order valence-electron chi connectivity index (χ1n) is 6.25. The highest BCUT2D eigenvalue weighted by molar-refractivity contribution is 7.88. The summed E-state index contributed by atoms with van der Waals surface area (Å²) in [5.41, 5.74) is 3.79. The van der Waals surface area contributed by atoms with Gasteiger partial charge in [-0.3, -0.25) is 0 Å². The van der Waals surface area contributed by atoms with Crippen LogP contribution in [0.15, 0.2) is 18.2 Å². The van der Waals surface area contributed by atoms with Crippen molar-refractivity contribution < 1.29 is 8.42 Å². The van der Waals surface area contributed by atoms with Crippen molar-refractivity contribution in [3.05, 3.63) is 34.9 Å². The maximum Gasteiger partial charge on any atom is 0.211 e. The lowest BCUT2D eigenvalue weighted by Gasteiger charge is -2.29. The lowest BCUT2D eigenvalue weighted by Crippen LogP contribution is -2.35. The van der Waals surface area contributed by atoms with Gasteiger partial charge >= 0.3 is 0 Å². The average molecular weight is 267 g/mol. The third-order valence-electron chi connectivity index (χ3n) is 3.52. The van der Waals surface area contributed by atoms with E-state index in [4.69, 9.17) is 0 Å². The molecule has 18 heavy (non-hydrogen) atoms. The predicted molar refractivity (Wildman–Crippen MR) is 74.1 cm³/mol. The third-order valence-corrected chi connectivity index (χ3v) is 4.77. The van der Waals surface area contributed by atoms with Gasteiger partial charge in [0, 0.05) is 13.1 Å². The molecule has 0 fully saturated rings. The van der Waals surface area contributed by atoms with Gasteiger partial charge in [-0.25, -0.2) is 8.42 Å². The summed E-state index contributed by atoms with van der Waals surface area (Å²) < 4.78 is 24.8. The van der Waals surface area contributed by atoms with Crippen LogP contribution in [0, 0.1) is 0 Å². The van der Waals surface area contributed by atoms with Crippen LogP contribution in [0.5, 0.6) is 0 Å². The van der Waals surface area contributed by atoms with Gasteiger partial charge in [0.25, 0.3) is 0 Å². The molecule has 1 aromatic carbocycles. The summed E-state index contributed by atoms with van der Waals surface area (Å²) in [7, 11) is -3.08. The molecule has 0 unspecified atom stereocenters. The van der Waals surface area contributed by atoms with Crippen LogP contribution >= 0.6 is 0 Å². The van der Waals surface area contributed by atoms with Crippen LogP contribution in [0.1, 0.15) is 37.5 Å². The molecule has 0 saturated heterocycles. The fourth-order valence-electron chi connectivity index (χ4n) is 2.28. The van der Waals surface area contributed by atoms with Crippen LogP contribution in [-0.2, 0) is 28.4 Å². The zero-order valence-corrected chi connectivity index (χ0v) is 12.3. The number of hydrogen-bond donors (Lipinski definition) is 0. The molecule has 0 aromatic heterocycles. The molecule has 1 heterocycles. The molecule has 1 aliphatic rings. The monoisotopic (exact) mass is 267 g/mol. The SMILES string of the molecule is CC(C)(C)c1ccc2c(c1)CN(S(C)(=O)=O)CC2. The van der Waals surface area contributed by atoms with Gasteiger partial charge in [0.1, 0.15) is 0 Å². The Bertz CT molecular complexity index is 556. The molecule has 3 nitrogen and oxygen atoms in total. The summed E-state index contributed by atoms with van der Waals surface area (Å²) in [6.45, 7) is 7.63. The standard InChI is InChI=1S/C14H21NO2S/c1-14(2,3)13-6-5-11-7-8-15(18(4,16)17)10-12(11)9-13/h5-6,9H,7-8,10H2,1-4H3. The second kappa shape index (κ2) is 4.35. The number of hydrogen-bond acceptors (Lipinski definition) is 2. The topological polar surface area (TPSA) is 37.4 Å². The lowest BCUT2D eigenvalue weighted by atomic mass is 9.84. The van der Waals surface area contributed by atoms with Crippen LogP contribution in [0.3, 0.4) is 0 Å². The molecule has 0 saturated carbocycles. The molecular weight excluding hydrogens is 246 g/mol. The summed E-state index contributed by atoms with van der Waals surface area (Å²) in [6, 6.07) is 6.47. The van der Waals surface area contributed by atoms with E-state index in [1.807, 2.05) is 0 Å². The first-order chi connectivity index (χ1) is 8.18. The highest BCUT2D eigenvalue weighted by Gasteiger charge is 2.24. The number of fused-ring (bicyclic) bond motifs is 1. The Labute approximate surface area is 110 Å². The van der Waals surface area contributed by atoms with Gasteiger partial charge < -0.3 is 0 Å². The van der Waals surface area contributed by atoms with Gasteiger partial charge in [-0.05, 0) is 28.5 Å². The molecule has 0 bridgehead atoms. The minimum absolute atomic E-state index is 0.0996. The molecule has 0 atom stereocenters. The number of sulfonamides is 1. The summed E-state index contributed by atoms with van der Waals surface area (Å²) >= 11 is 0. The third kappa shape index (κ3) is 2.75. The summed E-state index contributed by atoms with van der Waals surface area (Å²) in [5, 5.41) is 0. The first-order valence-corrected chi connectivity index (χ1v) is 8.10. The van der Waals surface area contributed by atoms with Crippen molar-refractivity contribution in [1.29, 1.82) is 0 Å². The van der Waals surface area contributed by atoms with Crippen molar-refractivity contribution in [2.75, 3.05) is 12.8 Å². The van der Waals surface area contributed by atoms with E-state index in [1.165, 1.54) is 17.4 Å². The number of benzene rings is 1. The maximum absolute atomic E-state index is 11.6. The van der Waals surface area contributed by atoms with Crippen molar-refractivity contribution in [3.63, 3.8) is 0 Å². The Morgan fingerprint density at radius 3 is 2.39 bits per heavy atom. The zero-order valence-electron chi connectivity index (χ0n) is 11.5. The van der Waals surface area contributed by atoms with E-state index >= 15 is 0 Å². The fraction of sp³-hybridized carbons (Fsp3) is 0.571. The Hall–Kier alpha value is -0.870. The van der Waals surface area contributed by atoms with Crippen LogP contribution in [-0.4, -0.2) is 25.5 Å². The van der Waals surface area contributed by atoms with Gasteiger partial charge in [0.05, 0.1) is 6.26 Å². The van der Waals surface area contributed by atoms with Crippen molar-refractivity contribution in [2.24, 2.45) is 0 Å². The Morgan fingerprint density at radius 1 is 1.17 bits per heavy atom. The normalized spacial score (nSPS) is 17.6. The summed E-state index contributed by atoms with van der Waals surface area (Å²) in [5.74, 6) is 0. The average Bonchev–Trinajstić information content (AvgIpc) is 2.25. The summed E-state index contributed by atoms with van der Waals surface area (Å²) in [6.07, 6.45) is 2.10. The molecule has 0 radical (unpaired) electrons. The van der Waals surface area contributed by atoms with E-state index in [0.29, 0.717) is 13.1 Å². The van der Waals surface area contributed by atoms with E-state index < -0.39 is 10.0 Å². The second-order valence-electron chi connectivity index (χ2n) is 6.08. The van der Waals surface area contributed by atoms with Crippen LogP contribution in [0.2, 0.25) is 0 Å². The minimum Gasteiger partial charge on any atom is -0.212 e. The quantitative estimate of drug-likeness (QED) is 0.783. The molecule has 0 aliphatic carbocycles. The molecule has 4 heteroatoms. The van der Waals surface area contributed by atoms with E-state index in [0.717, 1.165) is 12.0 Å². The maximum atomic E-state index is 11.6. The Kier molecular flexibility index (Phi) is 3.28. The Morgan fingerprint density at radius 2 is 1.83 bits per heavy atom. The van der Waals surface area contributed by atoms with Gasteiger partial charge in [-0.1, -0.05) is 39.0 Å². The largest absolute Gasteiger partial charge is 0.212 e. The lowest BCUT2D eigenvalue weighted by molar-refractivity contribution is 0.394. The van der Waals surface area contributed by atoms with Crippen LogP contribution in [0.4, 0.5) is 0 Å². The second-order valence-corrected chi connectivity index (χ2v) is 8.06. The van der Waals surface area contributed by atoms with Gasteiger partial charge in [-0.15, -0.1) is 0 Å². The van der Waals surface area contributed by atoms with Gasteiger partial charge in [0.15, 0.2) is 0 Å². The zero-order chi connectivity index (χ0) is 13.6. The Balaban J connectivity index is 2.36. The first kappa shape index (κ1) is 13.6. The fourth-order valence-corrected chi connectivity index (χ4v) is 3.08. The highest BCUT2D eigenvalue weighted by Crippen LogP contribution is 2.28. The van der Waals surface area contributed by atoms with E-state index in [2.05, 4.69) is 39.0 Å². The number of nitrogens with zero attached hydrogens (tertiary/aromatic N) is 1. The van der Waals surface area contributed by atoms with Gasteiger partial charge in [0.2, 0.25) is 10.0 Å². The van der Waals surface area contributed by atoms with Crippen LogP contribution < -0.4 is 0 Å². The molecule has 100 valence electrons. The summed E-state index contributed by atoms with van der Waals surface area (Å²) in [4.78, 5) is 0. The molecule has 1 aliphatic heterocycles. The van der Waals surface area contributed by atoms with E-state index in [-0.39, 0.29) is 5.41 Å². The molecule has 2 rings (SSSR count). The molecule has 0 spiro atoms. The number of rotatable bonds is 1. The minimum atomic E-state index is -3.08. The van der Waals surface area contributed by atoms with Crippen molar-refractivity contribution >= 4 is 10.0 Å². The van der Waals surface area contributed by atoms with E-state index in [9.17, 15) is 8.42 Å². The highest BCUT2D eigenvalue weighted by atomic mass is 32.2. The van der Waals surface area contributed by atoms with Gasteiger partial charge in [-0.2, -0.15) is 4.31 Å². The molecule has 0 N–H and O–H groups in total. The van der Waals surface area contributed by atoms with E-state index in [1.54, 1.807) is 4.31 Å². The van der Waals surface area contributed by atoms with Crippen molar-refractivity contribution in [2.45, 2.75) is 39.2 Å². The van der Waals surface area contributed by atoms with Crippen molar-refractivity contribution in [3.8, 4) is 0 Å². The smallest absolute Gasteiger partial charge is 0.211 e. The molecule has 1 aromatic rings. The molecule has 0 amide bonds. The molecular formula is C14H21NO2S.